The summed E-state index contributed by atoms with van der Waals surface area (Å²) in [6, 6.07) is 5.47. The predicted molar refractivity (Wildman–Crippen MR) is 73.5 cm³/mol. The number of aliphatic hydroxyl groups is 1. The lowest BCUT2D eigenvalue weighted by atomic mass is 9.91. The average molecular weight is 278 g/mol. The van der Waals surface area contributed by atoms with Gasteiger partial charge in [0.1, 0.15) is 0 Å². The number of carbonyl (C=O) groups is 1. The van der Waals surface area contributed by atoms with Crippen molar-refractivity contribution >= 4 is 11.6 Å². The van der Waals surface area contributed by atoms with Gasteiger partial charge in [-0.3, -0.25) is 14.9 Å². The van der Waals surface area contributed by atoms with Crippen LogP contribution in [0.2, 0.25) is 0 Å². The molecule has 6 heteroatoms. The minimum absolute atomic E-state index is 0.103. The molecule has 1 amide bonds. The standard InChI is InChI=1S/C14H18N2O4/c1-15(12-7-2-3-8-13(12)17)14(18)10-5-4-6-11(9-10)16(19)20/h4-6,9,12-13,17H,2-3,7-8H2,1H3/t12-,13-/m1/s1. The first-order valence-corrected chi connectivity index (χ1v) is 6.70. The highest BCUT2D eigenvalue weighted by molar-refractivity contribution is 5.94. The summed E-state index contributed by atoms with van der Waals surface area (Å²) in [6.45, 7) is 0. The first-order chi connectivity index (χ1) is 9.50. The summed E-state index contributed by atoms with van der Waals surface area (Å²) in [5.74, 6) is -0.292. The number of hydrogen-bond acceptors (Lipinski definition) is 4. The van der Waals surface area contributed by atoms with Crippen LogP contribution in [0, 0.1) is 10.1 Å². The quantitative estimate of drug-likeness (QED) is 0.676. The molecule has 0 aliphatic heterocycles. The van der Waals surface area contributed by atoms with Gasteiger partial charge in [0, 0.05) is 24.7 Å². The number of hydrogen-bond donors (Lipinski definition) is 1. The second kappa shape index (κ2) is 6.00. The van der Waals surface area contributed by atoms with Crippen LogP contribution in [0.4, 0.5) is 5.69 Å². The maximum absolute atomic E-state index is 12.4. The Hall–Kier alpha value is -1.95. The van der Waals surface area contributed by atoms with Crippen LogP contribution in [0.15, 0.2) is 24.3 Å². The van der Waals surface area contributed by atoms with Gasteiger partial charge in [0.2, 0.25) is 0 Å². The minimum Gasteiger partial charge on any atom is -0.391 e. The van der Waals surface area contributed by atoms with Crippen molar-refractivity contribution in [1.82, 2.24) is 4.90 Å². The first-order valence-electron chi connectivity index (χ1n) is 6.70. The maximum Gasteiger partial charge on any atom is 0.270 e. The van der Waals surface area contributed by atoms with Gasteiger partial charge in [0.05, 0.1) is 17.1 Å². The Bertz CT molecular complexity index is 518. The summed E-state index contributed by atoms with van der Waals surface area (Å²) in [6.07, 6.45) is 2.89. The zero-order valence-corrected chi connectivity index (χ0v) is 11.4. The van der Waals surface area contributed by atoms with Gasteiger partial charge >= 0.3 is 0 Å². The fraction of sp³-hybridized carbons (Fsp3) is 0.500. The Labute approximate surface area is 117 Å². The molecule has 0 radical (unpaired) electrons. The van der Waals surface area contributed by atoms with Crippen molar-refractivity contribution < 1.29 is 14.8 Å². The van der Waals surface area contributed by atoms with Gasteiger partial charge < -0.3 is 10.0 Å². The summed E-state index contributed by atoms with van der Waals surface area (Å²) in [5.41, 5.74) is 0.174. The molecule has 1 fully saturated rings. The van der Waals surface area contributed by atoms with E-state index in [-0.39, 0.29) is 23.2 Å². The van der Waals surface area contributed by atoms with Crippen LogP contribution in [-0.4, -0.2) is 40.0 Å². The van der Waals surface area contributed by atoms with E-state index in [1.807, 2.05) is 0 Å². The third-order valence-corrected chi connectivity index (χ3v) is 3.82. The van der Waals surface area contributed by atoms with E-state index < -0.39 is 11.0 Å². The molecule has 20 heavy (non-hydrogen) atoms. The molecule has 0 spiro atoms. The molecule has 108 valence electrons. The van der Waals surface area contributed by atoms with Crippen molar-refractivity contribution in [1.29, 1.82) is 0 Å². The molecular weight excluding hydrogens is 260 g/mol. The highest BCUT2D eigenvalue weighted by Crippen LogP contribution is 2.24. The van der Waals surface area contributed by atoms with Gasteiger partial charge in [-0.25, -0.2) is 0 Å². The average Bonchev–Trinajstić information content (AvgIpc) is 2.46. The van der Waals surface area contributed by atoms with Crippen LogP contribution < -0.4 is 0 Å². The largest absolute Gasteiger partial charge is 0.391 e. The van der Waals surface area contributed by atoms with Gasteiger partial charge in [0.15, 0.2) is 0 Å². The van der Waals surface area contributed by atoms with Crippen LogP contribution in [0.5, 0.6) is 0 Å². The summed E-state index contributed by atoms with van der Waals surface area (Å²) in [4.78, 5) is 24.1. The minimum atomic E-state index is -0.522. The van der Waals surface area contributed by atoms with Crippen LogP contribution in [0.25, 0.3) is 0 Å². The molecule has 0 aromatic heterocycles. The number of nitro groups is 1. The second-order valence-electron chi connectivity index (χ2n) is 5.14. The number of aliphatic hydroxyl groups excluding tert-OH is 1. The summed E-state index contributed by atoms with van der Waals surface area (Å²) >= 11 is 0. The molecule has 0 heterocycles. The molecule has 1 aromatic rings. The normalized spacial score (nSPS) is 22.3. The number of amides is 1. The smallest absolute Gasteiger partial charge is 0.270 e. The highest BCUT2D eigenvalue weighted by atomic mass is 16.6. The number of benzene rings is 1. The molecule has 1 saturated carbocycles. The second-order valence-corrected chi connectivity index (χ2v) is 5.14. The molecule has 1 aliphatic rings. The van der Waals surface area contributed by atoms with Crippen molar-refractivity contribution in [2.45, 2.75) is 37.8 Å². The monoisotopic (exact) mass is 278 g/mol. The van der Waals surface area contributed by atoms with Crippen LogP contribution >= 0.6 is 0 Å². The van der Waals surface area contributed by atoms with E-state index in [0.717, 1.165) is 19.3 Å². The Balaban J connectivity index is 2.17. The van der Waals surface area contributed by atoms with Crippen LogP contribution in [-0.2, 0) is 0 Å². The van der Waals surface area contributed by atoms with E-state index in [2.05, 4.69) is 0 Å². The fourth-order valence-electron chi connectivity index (χ4n) is 2.65. The Kier molecular flexibility index (Phi) is 4.34. The molecule has 2 atom stereocenters. The van der Waals surface area contributed by atoms with Crippen molar-refractivity contribution in [2.24, 2.45) is 0 Å². The molecule has 0 saturated heterocycles. The van der Waals surface area contributed by atoms with E-state index in [4.69, 9.17) is 0 Å². The van der Waals surface area contributed by atoms with E-state index in [1.165, 1.54) is 23.1 Å². The van der Waals surface area contributed by atoms with Crippen molar-refractivity contribution in [3.05, 3.63) is 39.9 Å². The Morgan fingerprint density at radius 1 is 1.40 bits per heavy atom. The van der Waals surface area contributed by atoms with Gasteiger partial charge in [-0.15, -0.1) is 0 Å². The Morgan fingerprint density at radius 3 is 2.75 bits per heavy atom. The number of likely N-dealkylation sites (N-methyl/N-ethyl adjacent to an activating group) is 1. The van der Waals surface area contributed by atoms with Gasteiger partial charge in [-0.2, -0.15) is 0 Å². The van der Waals surface area contributed by atoms with Crippen molar-refractivity contribution in [3.63, 3.8) is 0 Å². The van der Waals surface area contributed by atoms with Crippen LogP contribution in [0.1, 0.15) is 36.0 Å². The SMILES string of the molecule is CN(C(=O)c1cccc([N+](=O)[O-])c1)[C@@H]1CCCC[C@H]1O. The van der Waals surface area contributed by atoms with E-state index in [9.17, 15) is 20.0 Å². The third-order valence-electron chi connectivity index (χ3n) is 3.82. The number of nitrogens with zero attached hydrogens (tertiary/aromatic N) is 2. The van der Waals surface area contributed by atoms with E-state index in [1.54, 1.807) is 13.1 Å². The predicted octanol–water partition coefficient (Wildman–Crippen LogP) is 1.97. The lowest BCUT2D eigenvalue weighted by Crippen LogP contribution is -2.46. The van der Waals surface area contributed by atoms with Crippen LogP contribution in [0.3, 0.4) is 0 Å². The zero-order chi connectivity index (χ0) is 14.7. The molecule has 6 nitrogen and oxygen atoms in total. The van der Waals surface area contributed by atoms with E-state index in [0.29, 0.717) is 6.42 Å². The van der Waals surface area contributed by atoms with E-state index >= 15 is 0 Å². The Morgan fingerprint density at radius 2 is 2.10 bits per heavy atom. The summed E-state index contributed by atoms with van der Waals surface area (Å²) in [5, 5.41) is 20.7. The van der Waals surface area contributed by atoms with Gasteiger partial charge in [-0.05, 0) is 18.9 Å². The molecule has 0 bridgehead atoms. The third kappa shape index (κ3) is 2.96. The number of carbonyl (C=O) groups excluding carboxylic acids is 1. The molecule has 1 N–H and O–H groups in total. The fourth-order valence-corrected chi connectivity index (χ4v) is 2.65. The molecular formula is C14H18N2O4. The maximum atomic E-state index is 12.4. The van der Waals surface area contributed by atoms with Gasteiger partial charge in [-0.1, -0.05) is 18.9 Å². The molecule has 1 aromatic carbocycles. The topological polar surface area (TPSA) is 83.7 Å². The van der Waals surface area contributed by atoms with Crippen molar-refractivity contribution in [3.8, 4) is 0 Å². The highest BCUT2D eigenvalue weighted by Gasteiger charge is 2.30. The lowest BCUT2D eigenvalue weighted by molar-refractivity contribution is -0.384. The lowest BCUT2D eigenvalue weighted by Gasteiger charge is -2.35. The van der Waals surface area contributed by atoms with Crippen molar-refractivity contribution in [2.75, 3.05) is 7.05 Å². The van der Waals surface area contributed by atoms with Gasteiger partial charge in [0.25, 0.3) is 11.6 Å². The number of non-ortho nitro benzene ring substituents is 1. The first kappa shape index (κ1) is 14.5. The summed E-state index contributed by atoms with van der Waals surface area (Å²) < 4.78 is 0. The number of nitro benzene ring substituents is 1. The summed E-state index contributed by atoms with van der Waals surface area (Å²) in [7, 11) is 1.64. The number of rotatable bonds is 3. The zero-order valence-electron chi connectivity index (χ0n) is 11.4. The molecule has 2 rings (SSSR count). The molecule has 0 unspecified atom stereocenters. The molecule has 1 aliphatic carbocycles.